The third-order valence-electron chi connectivity index (χ3n) is 5.41. The normalized spacial score (nSPS) is 18.4. The third kappa shape index (κ3) is 3.81. The molecule has 6 nitrogen and oxygen atoms in total. The summed E-state index contributed by atoms with van der Waals surface area (Å²) in [5.41, 5.74) is 2.99. The lowest BCUT2D eigenvalue weighted by Gasteiger charge is -2.25. The molecule has 146 valence electrons. The van der Waals surface area contributed by atoms with Crippen LogP contribution in [0.4, 0.5) is 5.69 Å². The number of carbonyl (C=O) groups is 2. The molecule has 0 radical (unpaired) electrons. The molecule has 2 aliphatic rings. The standard InChI is InChI=1S/C22H24N2O4/c1-27-17-7-4-15(5-8-17)20-3-2-12-24(20)22(26)14-28-18-9-10-19-16(13-18)6-11-21(25)23-19/h4-5,7-10,13,20H,2-3,6,11-12,14H2,1H3,(H,23,25). The monoisotopic (exact) mass is 380 g/mol. The fraction of sp³-hybridized carbons (Fsp3) is 0.364. The fourth-order valence-corrected chi connectivity index (χ4v) is 3.92. The van der Waals surface area contributed by atoms with Crippen LogP contribution < -0.4 is 14.8 Å². The van der Waals surface area contributed by atoms with E-state index >= 15 is 0 Å². The largest absolute Gasteiger partial charge is 0.497 e. The van der Waals surface area contributed by atoms with Crippen LogP contribution in [-0.4, -0.2) is 37.0 Å². The second kappa shape index (κ2) is 7.92. The molecule has 0 bridgehead atoms. The summed E-state index contributed by atoms with van der Waals surface area (Å²) in [6, 6.07) is 13.5. The fourth-order valence-electron chi connectivity index (χ4n) is 3.92. The molecule has 1 atom stereocenters. The van der Waals surface area contributed by atoms with E-state index in [4.69, 9.17) is 9.47 Å². The predicted octanol–water partition coefficient (Wildman–Crippen LogP) is 3.32. The number of fused-ring (bicyclic) bond motifs is 1. The van der Waals surface area contributed by atoms with Crippen molar-refractivity contribution >= 4 is 17.5 Å². The number of nitrogens with one attached hydrogen (secondary N) is 1. The highest BCUT2D eigenvalue weighted by atomic mass is 16.5. The van der Waals surface area contributed by atoms with Gasteiger partial charge in [0.05, 0.1) is 13.2 Å². The molecule has 2 aromatic rings. The molecule has 2 amide bonds. The number of rotatable bonds is 5. The Morgan fingerprint density at radius 1 is 1.14 bits per heavy atom. The highest BCUT2D eigenvalue weighted by molar-refractivity contribution is 5.94. The van der Waals surface area contributed by atoms with Gasteiger partial charge in [0, 0.05) is 18.7 Å². The number of benzene rings is 2. The minimum atomic E-state index is -0.00987. The molecule has 0 aliphatic carbocycles. The Kier molecular flexibility index (Phi) is 5.19. The zero-order chi connectivity index (χ0) is 19.5. The maximum atomic E-state index is 12.8. The average Bonchev–Trinajstić information content (AvgIpc) is 3.22. The second-order valence-electron chi connectivity index (χ2n) is 7.17. The molecule has 1 unspecified atom stereocenters. The van der Waals surface area contributed by atoms with Gasteiger partial charge >= 0.3 is 0 Å². The molecule has 1 fully saturated rings. The third-order valence-corrected chi connectivity index (χ3v) is 5.41. The van der Waals surface area contributed by atoms with E-state index in [-0.39, 0.29) is 24.5 Å². The van der Waals surface area contributed by atoms with Gasteiger partial charge in [-0.1, -0.05) is 12.1 Å². The molecule has 1 saturated heterocycles. The van der Waals surface area contributed by atoms with Crippen molar-refractivity contribution in [3.63, 3.8) is 0 Å². The van der Waals surface area contributed by atoms with Crippen LogP contribution in [0.3, 0.4) is 0 Å². The highest BCUT2D eigenvalue weighted by Gasteiger charge is 2.30. The minimum absolute atomic E-state index is 0.00987. The number of methoxy groups -OCH3 is 1. The summed E-state index contributed by atoms with van der Waals surface area (Å²) in [4.78, 5) is 26.1. The summed E-state index contributed by atoms with van der Waals surface area (Å²) >= 11 is 0. The Morgan fingerprint density at radius 3 is 2.71 bits per heavy atom. The van der Waals surface area contributed by atoms with E-state index in [0.717, 1.165) is 42.0 Å². The first-order chi connectivity index (χ1) is 13.6. The van der Waals surface area contributed by atoms with Gasteiger partial charge in [-0.05, 0) is 60.7 Å². The van der Waals surface area contributed by atoms with Crippen molar-refractivity contribution in [2.75, 3.05) is 25.6 Å². The van der Waals surface area contributed by atoms with Crippen molar-refractivity contribution in [1.82, 2.24) is 4.90 Å². The van der Waals surface area contributed by atoms with Crippen molar-refractivity contribution < 1.29 is 19.1 Å². The number of likely N-dealkylation sites (tertiary alicyclic amines) is 1. The van der Waals surface area contributed by atoms with Crippen LogP contribution in [0.1, 0.15) is 36.4 Å². The summed E-state index contributed by atoms with van der Waals surface area (Å²) in [5.74, 6) is 1.49. The van der Waals surface area contributed by atoms with Gasteiger partial charge in [0.2, 0.25) is 5.91 Å². The summed E-state index contributed by atoms with van der Waals surface area (Å²) in [7, 11) is 1.65. The second-order valence-corrected chi connectivity index (χ2v) is 7.17. The smallest absolute Gasteiger partial charge is 0.261 e. The number of ether oxygens (including phenoxy) is 2. The Bertz CT molecular complexity index is 879. The molecule has 1 N–H and O–H groups in total. The quantitative estimate of drug-likeness (QED) is 0.864. The van der Waals surface area contributed by atoms with E-state index in [1.165, 1.54) is 0 Å². The minimum Gasteiger partial charge on any atom is -0.497 e. The summed E-state index contributed by atoms with van der Waals surface area (Å²) < 4.78 is 11.0. The number of amides is 2. The maximum absolute atomic E-state index is 12.8. The van der Waals surface area contributed by atoms with Gasteiger partial charge in [0.15, 0.2) is 6.61 Å². The van der Waals surface area contributed by atoms with E-state index in [1.807, 2.05) is 41.3 Å². The molecular weight excluding hydrogens is 356 g/mol. The SMILES string of the molecule is COc1ccc(C2CCCN2C(=O)COc2ccc3c(c2)CCC(=O)N3)cc1. The number of aryl methyl sites for hydroxylation is 1. The lowest BCUT2D eigenvalue weighted by molar-refractivity contribution is -0.134. The Hall–Kier alpha value is -3.02. The number of hydrogen-bond donors (Lipinski definition) is 1. The van der Waals surface area contributed by atoms with Crippen LogP contribution >= 0.6 is 0 Å². The van der Waals surface area contributed by atoms with Crippen molar-refractivity contribution in [3.05, 3.63) is 53.6 Å². The van der Waals surface area contributed by atoms with E-state index in [1.54, 1.807) is 13.2 Å². The molecule has 6 heteroatoms. The van der Waals surface area contributed by atoms with Crippen LogP contribution in [0.5, 0.6) is 11.5 Å². The average molecular weight is 380 g/mol. The van der Waals surface area contributed by atoms with Crippen LogP contribution in [0.15, 0.2) is 42.5 Å². The first kappa shape index (κ1) is 18.3. The van der Waals surface area contributed by atoms with Gasteiger partial charge in [-0.3, -0.25) is 9.59 Å². The maximum Gasteiger partial charge on any atom is 0.261 e. The first-order valence-electron chi connectivity index (χ1n) is 9.63. The summed E-state index contributed by atoms with van der Waals surface area (Å²) in [6.45, 7) is 0.757. The number of carbonyl (C=O) groups excluding carboxylic acids is 2. The van der Waals surface area contributed by atoms with Crippen molar-refractivity contribution in [3.8, 4) is 11.5 Å². The van der Waals surface area contributed by atoms with E-state index in [0.29, 0.717) is 18.6 Å². The number of anilines is 1. The molecule has 28 heavy (non-hydrogen) atoms. The van der Waals surface area contributed by atoms with E-state index in [9.17, 15) is 9.59 Å². The van der Waals surface area contributed by atoms with Gasteiger partial charge in [0.1, 0.15) is 11.5 Å². The van der Waals surface area contributed by atoms with Crippen molar-refractivity contribution in [2.24, 2.45) is 0 Å². The summed E-state index contributed by atoms with van der Waals surface area (Å²) in [5, 5.41) is 2.85. The van der Waals surface area contributed by atoms with E-state index < -0.39 is 0 Å². The molecule has 0 saturated carbocycles. The Balaban J connectivity index is 1.39. The zero-order valence-corrected chi connectivity index (χ0v) is 15.9. The van der Waals surface area contributed by atoms with Gasteiger partial charge in [0.25, 0.3) is 5.91 Å². The molecule has 4 rings (SSSR count). The lowest BCUT2D eigenvalue weighted by atomic mass is 10.0. The van der Waals surface area contributed by atoms with Crippen LogP contribution in [0.25, 0.3) is 0 Å². The van der Waals surface area contributed by atoms with Crippen LogP contribution in [0.2, 0.25) is 0 Å². The topological polar surface area (TPSA) is 67.9 Å². The van der Waals surface area contributed by atoms with Gasteiger partial charge in [-0.25, -0.2) is 0 Å². The molecule has 2 aromatic carbocycles. The Morgan fingerprint density at radius 2 is 1.93 bits per heavy atom. The molecule has 2 aliphatic heterocycles. The molecule has 2 heterocycles. The van der Waals surface area contributed by atoms with Gasteiger partial charge in [-0.2, -0.15) is 0 Å². The predicted molar refractivity (Wildman–Crippen MR) is 106 cm³/mol. The molecule has 0 aromatic heterocycles. The van der Waals surface area contributed by atoms with Gasteiger partial charge in [-0.15, -0.1) is 0 Å². The van der Waals surface area contributed by atoms with Crippen LogP contribution in [0, 0.1) is 0 Å². The number of hydrogen-bond acceptors (Lipinski definition) is 4. The van der Waals surface area contributed by atoms with Crippen molar-refractivity contribution in [1.29, 1.82) is 0 Å². The number of nitrogens with zero attached hydrogens (tertiary/aromatic N) is 1. The van der Waals surface area contributed by atoms with Crippen LogP contribution in [-0.2, 0) is 16.0 Å². The molecular formula is C22H24N2O4. The lowest BCUT2D eigenvalue weighted by Crippen LogP contribution is -2.34. The first-order valence-corrected chi connectivity index (χ1v) is 9.63. The van der Waals surface area contributed by atoms with Crippen molar-refractivity contribution in [2.45, 2.75) is 31.7 Å². The zero-order valence-electron chi connectivity index (χ0n) is 15.9. The Labute approximate surface area is 164 Å². The van der Waals surface area contributed by atoms with Gasteiger partial charge < -0.3 is 19.7 Å². The molecule has 0 spiro atoms. The highest BCUT2D eigenvalue weighted by Crippen LogP contribution is 2.33. The summed E-state index contributed by atoms with van der Waals surface area (Å²) in [6.07, 6.45) is 3.11. The van der Waals surface area contributed by atoms with E-state index in [2.05, 4.69) is 5.32 Å².